The number of carbonyl (C=O) groups is 1. The molecule has 11 heavy (non-hydrogen) atoms. The van der Waals surface area contributed by atoms with Gasteiger partial charge in [0.15, 0.2) is 0 Å². The lowest BCUT2D eigenvalue weighted by Gasteiger charge is -2.08. The van der Waals surface area contributed by atoms with Crippen LogP contribution in [0, 0.1) is 0 Å². The average molecular weight is 179 g/mol. The van der Waals surface area contributed by atoms with Gasteiger partial charge in [0.25, 0.3) is 0 Å². The summed E-state index contributed by atoms with van der Waals surface area (Å²) in [6.45, 7) is 1.70. The number of nitrogens with one attached hydrogen (secondary N) is 1. The summed E-state index contributed by atoms with van der Waals surface area (Å²) in [6, 6.07) is 0. The van der Waals surface area contributed by atoms with Gasteiger partial charge in [0.05, 0.1) is 0 Å². The van der Waals surface area contributed by atoms with Gasteiger partial charge in [-0.3, -0.25) is 4.79 Å². The van der Waals surface area contributed by atoms with Gasteiger partial charge in [-0.2, -0.15) is 0 Å². The van der Waals surface area contributed by atoms with E-state index < -0.39 is 0 Å². The van der Waals surface area contributed by atoms with E-state index in [1.54, 1.807) is 0 Å². The maximum atomic E-state index is 10.6. The minimum Gasteiger partial charge on any atom is -0.355 e. The van der Waals surface area contributed by atoms with Crippen LogP contribution in [0.2, 0.25) is 0 Å². The van der Waals surface area contributed by atoms with E-state index in [0.29, 0.717) is 6.54 Å². The SMILES string of the molecule is CN(C)CCCNC(=O)CCl. The zero-order valence-electron chi connectivity index (χ0n) is 7.06. The van der Waals surface area contributed by atoms with E-state index in [1.807, 2.05) is 14.1 Å². The molecule has 0 radical (unpaired) electrons. The minimum atomic E-state index is -0.0922. The third-order valence-electron chi connectivity index (χ3n) is 1.23. The molecule has 0 saturated heterocycles. The molecule has 0 saturated carbocycles. The summed E-state index contributed by atoms with van der Waals surface area (Å²) < 4.78 is 0. The molecule has 0 spiro atoms. The smallest absolute Gasteiger partial charge is 0.234 e. The van der Waals surface area contributed by atoms with Crippen molar-refractivity contribution in [1.82, 2.24) is 10.2 Å². The molecule has 4 heteroatoms. The molecule has 0 unspecified atom stereocenters. The van der Waals surface area contributed by atoms with Crippen LogP contribution >= 0.6 is 11.6 Å². The van der Waals surface area contributed by atoms with E-state index in [4.69, 9.17) is 11.6 Å². The first-order valence-electron chi connectivity index (χ1n) is 3.64. The quantitative estimate of drug-likeness (QED) is 0.485. The Morgan fingerprint density at radius 2 is 2.18 bits per heavy atom. The fourth-order valence-electron chi connectivity index (χ4n) is 0.670. The zero-order chi connectivity index (χ0) is 8.69. The molecular weight excluding hydrogens is 164 g/mol. The Hall–Kier alpha value is -0.280. The van der Waals surface area contributed by atoms with Crippen LogP contribution in [0.25, 0.3) is 0 Å². The highest BCUT2D eigenvalue weighted by atomic mass is 35.5. The number of amides is 1. The highest BCUT2D eigenvalue weighted by molar-refractivity contribution is 6.27. The predicted octanol–water partition coefficient (Wildman–Crippen LogP) is 0.293. The van der Waals surface area contributed by atoms with Gasteiger partial charge in [0, 0.05) is 6.54 Å². The topological polar surface area (TPSA) is 32.3 Å². The molecule has 0 aromatic rings. The van der Waals surface area contributed by atoms with E-state index >= 15 is 0 Å². The van der Waals surface area contributed by atoms with Gasteiger partial charge in [0.1, 0.15) is 5.88 Å². The lowest BCUT2D eigenvalue weighted by Crippen LogP contribution is -2.27. The van der Waals surface area contributed by atoms with Crippen molar-refractivity contribution in [3.63, 3.8) is 0 Å². The van der Waals surface area contributed by atoms with Gasteiger partial charge >= 0.3 is 0 Å². The summed E-state index contributed by atoms with van der Waals surface area (Å²) in [7, 11) is 4.01. The van der Waals surface area contributed by atoms with E-state index in [2.05, 4.69) is 10.2 Å². The van der Waals surface area contributed by atoms with Crippen molar-refractivity contribution in [3.8, 4) is 0 Å². The molecule has 1 amide bonds. The second kappa shape index (κ2) is 6.43. The van der Waals surface area contributed by atoms with Crippen LogP contribution in [0.4, 0.5) is 0 Å². The molecular formula is C7H15ClN2O. The summed E-state index contributed by atoms with van der Waals surface area (Å²) in [5, 5.41) is 2.69. The number of carbonyl (C=O) groups excluding carboxylic acids is 1. The molecule has 0 bridgehead atoms. The molecule has 0 aliphatic rings. The molecule has 0 fully saturated rings. The number of hydrogen-bond donors (Lipinski definition) is 1. The van der Waals surface area contributed by atoms with Crippen molar-refractivity contribution in [3.05, 3.63) is 0 Å². The number of halogens is 1. The zero-order valence-corrected chi connectivity index (χ0v) is 7.82. The number of rotatable bonds is 5. The second-order valence-electron chi connectivity index (χ2n) is 2.64. The standard InChI is InChI=1S/C7H15ClN2O/c1-10(2)5-3-4-9-7(11)6-8/h3-6H2,1-2H3,(H,9,11). The first-order valence-corrected chi connectivity index (χ1v) is 4.17. The fourth-order valence-corrected chi connectivity index (χ4v) is 0.765. The Morgan fingerprint density at radius 3 is 2.64 bits per heavy atom. The molecule has 0 rings (SSSR count). The second-order valence-corrected chi connectivity index (χ2v) is 2.91. The van der Waals surface area contributed by atoms with Crippen molar-refractivity contribution in [2.45, 2.75) is 6.42 Å². The van der Waals surface area contributed by atoms with Crippen molar-refractivity contribution in [1.29, 1.82) is 0 Å². The summed E-state index contributed by atoms with van der Waals surface area (Å²) in [6.07, 6.45) is 0.968. The predicted molar refractivity (Wildman–Crippen MR) is 46.9 cm³/mol. The highest BCUT2D eigenvalue weighted by Gasteiger charge is 1.96. The molecule has 0 aliphatic heterocycles. The van der Waals surface area contributed by atoms with Crippen molar-refractivity contribution in [2.24, 2.45) is 0 Å². The Balaban J connectivity index is 3.08. The minimum absolute atomic E-state index is 0.0575. The molecule has 0 atom stereocenters. The Morgan fingerprint density at radius 1 is 1.55 bits per heavy atom. The maximum Gasteiger partial charge on any atom is 0.234 e. The monoisotopic (exact) mass is 178 g/mol. The maximum absolute atomic E-state index is 10.6. The van der Waals surface area contributed by atoms with Gasteiger partial charge in [-0.05, 0) is 27.1 Å². The van der Waals surface area contributed by atoms with Gasteiger partial charge in [-0.25, -0.2) is 0 Å². The van der Waals surface area contributed by atoms with E-state index in [0.717, 1.165) is 13.0 Å². The molecule has 0 heterocycles. The third-order valence-corrected chi connectivity index (χ3v) is 1.47. The number of alkyl halides is 1. The van der Waals surface area contributed by atoms with Crippen molar-refractivity contribution in [2.75, 3.05) is 33.1 Å². The van der Waals surface area contributed by atoms with Gasteiger partial charge in [0.2, 0.25) is 5.91 Å². The van der Waals surface area contributed by atoms with Gasteiger partial charge in [-0.1, -0.05) is 0 Å². The van der Waals surface area contributed by atoms with Crippen LogP contribution in [0.3, 0.4) is 0 Å². The Bertz CT molecular complexity index is 117. The lowest BCUT2D eigenvalue weighted by atomic mass is 10.4. The fraction of sp³-hybridized carbons (Fsp3) is 0.857. The van der Waals surface area contributed by atoms with Crippen LogP contribution in [0.5, 0.6) is 0 Å². The first-order chi connectivity index (χ1) is 5.16. The molecule has 0 aromatic carbocycles. The first kappa shape index (κ1) is 10.7. The third kappa shape index (κ3) is 7.62. The summed E-state index contributed by atoms with van der Waals surface area (Å²) in [5.74, 6) is -0.0347. The molecule has 0 aliphatic carbocycles. The van der Waals surface area contributed by atoms with E-state index in [9.17, 15) is 4.79 Å². The van der Waals surface area contributed by atoms with Crippen LogP contribution in [-0.2, 0) is 4.79 Å². The van der Waals surface area contributed by atoms with E-state index in [1.165, 1.54) is 0 Å². The van der Waals surface area contributed by atoms with Crippen LogP contribution in [0.15, 0.2) is 0 Å². The van der Waals surface area contributed by atoms with Crippen molar-refractivity contribution >= 4 is 17.5 Å². The molecule has 3 nitrogen and oxygen atoms in total. The van der Waals surface area contributed by atoms with Gasteiger partial charge < -0.3 is 10.2 Å². The number of nitrogens with zero attached hydrogens (tertiary/aromatic N) is 1. The average Bonchev–Trinajstić information content (AvgIpc) is 1.97. The highest BCUT2D eigenvalue weighted by Crippen LogP contribution is 1.81. The van der Waals surface area contributed by atoms with Crippen LogP contribution in [0.1, 0.15) is 6.42 Å². The van der Waals surface area contributed by atoms with Crippen LogP contribution < -0.4 is 5.32 Å². The lowest BCUT2D eigenvalue weighted by molar-refractivity contribution is -0.118. The Labute approximate surface area is 72.7 Å². The Kier molecular flexibility index (Phi) is 6.27. The van der Waals surface area contributed by atoms with Gasteiger partial charge in [-0.15, -0.1) is 11.6 Å². The normalized spacial score (nSPS) is 10.2. The molecule has 66 valence electrons. The summed E-state index contributed by atoms with van der Waals surface area (Å²) in [4.78, 5) is 12.7. The van der Waals surface area contributed by atoms with Crippen molar-refractivity contribution < 1.29 is 4.79 Å². The molecule has 1 N–H and O–H groups in total. The summed E-state index contributed by atoms with van der Waals surface area (Å²) in [5.41, 5.74) is 0. The van der Waals surface area contributed by atoms with E-state index in [-0.39, 0.29) is 11.8 Å². The van der Waals surface area contributed by atoms with Crippen LogP contribution in [-0.4, -0.2) is 43.9 Å². The summed E-state index contributed by atoms with van der Waals surface area (Å²) >= 11 is 5.27. The molecule has 0 aromatic heterocycles. The largest absolute Gasteiger partial charge is 0.355 e. The number of hydrogen-bond acceptors (Lipinski definition) is 2.